The Hall–Kier alpha value is -2.66. The highest BCUT2D eigenvalue weighted by Crippen LogP contribution is 2.13. The molecule has 0 aromatic rings. The lowest BCUT2D eigenvalue weighted by Crippen LogP contribution is -2.30. The topological polar surface area (TPSA) is 61.8 Å². The zero-order chi connectivity index (χ0) is 42.1. The predicted molar refractivity (Wildman–Crippen MR) is 251 cm³/mol. The van der Waals surface area contributed by atoms with Crippen LogP contribution in [0.2, 0.25) is 0 Å². The number of hydrogen-bond donors (Lipinski definition) is 0. The molecule has 0 spiro atoms. The van der Waals surface area contributed by atoms with Crippen LogP contribution >= 0.6 is 0 Å². The van der Waals surface area contributed by atoms with Crippen molar-refractivity contribution in [3.63, 3.8) is 0 Å². The highest BCUT2D eigenvalue weighted by molar-refractivity contribution is 5.70. The first-order chi connectivity index (χ1) is 28.6. The molecule has 0 bridgehead atoms. The van der Waals surface area contributed by atoms with Crippen LogP contribution in [0, 0.1) is 0 Å². The fourth-order valence-corrected chi connectivity index (χ4v) is 6.60. The normalized spacial score (nSPS) is 12.8. The molecule has 0 saturated carbocycles. The quantitative estimate of drug-likeness (QED) is 0.0348. The van der Waals surface area contributed by atoms with Gasteiger partial charge in [-0.05, 0) is 83.5 Å². The van der Waals surface area contributed by atoms with Gasteiger partial charge in [0.25, 0.3) is 0 Å². The van der Waals surface area contributed by atoms with E-state index in [1.54, 1.807) is 0 Å². The van der Waals surface area contributed by atoms with E-state index < -0.39 is 6.10 Å². The van der Waals surface area contributed by atoms with Gasteiger partial charge in [-0.25, -0.2) is 0 Å². The first kappa shape index (κ1) is 55.3. The van der Waals surface area contributed by atoms with Gasteiger partial charge in [-0.3, -0.25) is 9.59 Å². The number of hydrogen-bond acceptors (Lipinski definition) is 5. The summed E-state index contributed by atoms with van der Waals surface area (Å²) >= 11 is 0. The third-order valence-electron chi connectivity index (χ3n) is 10.2. The molecular weight excluding hydrogens is 717 g/mol. The van der Waals surface area contributed by atoms with Gasteiger partial charge in [0.05, 0.1) is 6.61 Å². The van der Waals surface area contributed by atoms with Crippen molar-refractivity contribution in [2.24, 2.45) is 0 Å². The standard InChI is InChI=1S/C53H92O5/c1-4-7-10-13-16-19-22-25-26-27-28-30-31-34-37-40-43-46-52(54)57-50-51(49-56-48-45-42-39-36-33-24-21-18-15-12-9-6-3)58-53(55)47-44-41-38-35-32-29-23-20-17-14-11-8-5-2/h7,10,16,19-20,23,25-26,28,30,34,37,51H,4-6,8-9,11-15,17-18,21-22,24,27,29,31-33,35-36,38-50H2,1-3H3/b10-7-,19-16-,23-20-,26-25-,30-28-,37-34-. The molecule has 0 aromatic heterocycles. The molecule has 0 aliphatic heterocycles. The van der Waals surface area contributed by atoms with Crippen LogP contribution in [0.1, 0.15) is 226 Å². The van der Waals surface area contributed by atoms with E-state index in [1.807, 2.05) is 0 Å². The SMILES string of the molecule is CC/C=C\C/C=C\C/C=C\C/C=C\C/C=C\CCCC(=O)OCC(COCCCCCCCCCCCCCC)OC(=O)CCCCCCC/C=C\CCCCCC. The highest BCUT2D eigenvalue weighted by Gasteiger charge is 2.17. The Bertz CT molecular complexity index is 1050. The molecule has 0 N–H and O–H groups in total. The smallest absolute Gasteiger partial charge is 0.306 e. The van der Waals surface area contributed by atoms with Gasteiger partial charge >= 0.3 is 11.9 Å². The second-order valence-electron chi connectivity index (χ2n) is 16.0. The van der Waals surface area contributed by atoms with Crippen LogP contribution in [-0.4, -0.2) is 37.9 Å². The number of carbonyl (C=O) groups excluding carboxylic acids is 2. The van der Waals surface area contributed by atoms with E-state index in [2.05, 4.69) is 93.7 Å². The maximum absolute atomic E-state index is 12.7. The fourth-order valence-electron chi connectivity index (χ4n) is 6.60. The lowest BCUT2D eigenvalue weighted by Gasteiger charge is -2.18. The van der Waals surface area contributed by atoms with Crippen molar-refractivity contribution in [3.8, 4) is 0 Å². The van der Waals surface area contributed by atoms with Crippen LogP contribution < -0.4 is 0 Å². The van der Waals surface area contributed by atoms with Gasteiger partial charge in [-0.2, -0.15) is 0 Å². The number of ether oxygens (including phenoxy) is 3. The largest absolute Gasteiger partial charge is 0.462 e. The minimum Gasteiger partial charge on any atom is -0.462 e. The van der Waals surface area contributed by atoms with Gasteiger partial charge in [0, 0.05) is 19.4 Å². The van der Waals surface area contributed by atoms with E-state index in [1.165, 1.54) is 109 Å². The van der Waals surface area contributed by atoms with Crippen LogP contribution in [0.25, 0.3) is 0 Å². The summed E-state index contributed by atoms with van der Waals surface area (Å²) in [5.74, 6) is -0.472. The molecule has 0 aliphatic carbocycles. The summed E-state index contributed by atoms with van der Waals surface area (Å²) in [5, 5.41) is 0. The molecule has 1 atom stereocenters. The van der Waals surface area contributed by atoms with Crippen LogP contribution in [0.4, 0.5) is 0 Å². The van der Waals surface area contributed by atoms with Crippen LogP contribution in [0.5, 0.6) is 0 Å². The van der Waals surface area contributed by atoms with Gasteiger partial charge < -0.3 is 14.2 Å². The molecule has 58 heavy (non-hydrogen) atoms. The molecule has 0 amide bonds. The molecule has 0 rings (SSSR count). The molecule has 0 radical (unpaired) electrons. The number of unbranched alkanes of at least 4 members (excludes halogenated alkanes) is 21. The highest BCUT2D eigenvalue weighted by atomic mass is 16.6. The molecule has 0 aliphatic rings. The van der Waals surface area contributed by atoms with Gasteiger partial charge in [0.1, 0.15) is 6.61 Å². The van der Waals surface area contributed by atoms with Crippen molar-refractivity contribution in [2.75, 3.05) is 19.8 Å². The Morgan fingerprint density at radius 1 is 0.397 bits per heavy atom. The van der Waals surface area contributed by atoms with Crippen molar-refractivity contribution in [1.29, 1.82) is 0 Å². The van der Waals surface area contributed by atoms with Crippen molar-refractivity contribution < 1.29 is 23.8 Å². The van der Waals surface area contributed by atoms with Crippen molar-refractivity contribution >= 4 is 11.9 Å². The molecule has 0 saturated heterocycles. The lowest BCUT2D eigenvalue weighted by atomic mass is 10.1. The molecule has 0 heterocycles. The summed E-state index contributed by atoms with van der Waals surface area (Å²) in [5.41, 5.74) is 0. The van der Waals surface area contributed by atoms with Crippen LogP contribution in [0.3, 0.4) is 0 Å². The Morgan fingerprint density at radius 2 is 0.793 bits per heavy atom. The molecule has 334 valence electrons. The average Bonchev–Trinajstić information content (AvgIpc) is 3.22. The fraction of sp³-hybridized carbons (Fsp3) is 0.736. The molecule has 5 nitrogen and oxygen atoms in total. The van der Waals surface area contributed by atoms with Crippen molar-refractivity contribution in [2.45, 2.75) is 232 Å². The number of allylic oxidation sites excluding steroid dienone is 12. The Kier molecular flexibility index (Phi) is 46.5. The number of esters is 2. The summed E-state index contributed by atoms with van der Waals surface area (Å²) in [6, 6.07) is 0. The summed E-state index contributed by atoms with van der Waals surface area (Å²) in [4.78, 5) is 25.3. The zero-order valence-corrected chi connectivity index (χ0v) is 38.3. The maximum Gasteiger partial charge on any atom is 0.306 e. The van der Waals surface area contributed by atoms with E-state index >= 15 is 0 Å². The van der Waals surface area contributed by atoms with E-state index in [4.69, 9.17) is 14.2 Å². The molecule has 1 unspecified atom stereocenters. The molecule has 0 fully saturated rings. The van der Waals surface area contributed by atoms with Gasteiger partial charge in [0.15, 0.2) is 6.10 Å². The third-order valence-corrected chi connectivity index (χ3v) is 10.2. The number of rotatable bonds is 44. The van der Waals surface area contributed by atoms with E-state index in [-0.39, 0.29) is 25.2 Å². The first-order valence-electron chi connectivity index (χ1n) is 24.5. The first-order valence-corrected chi connectivity index (χ1v) is 24.5. The molecular formula is C53H92O5. The van der Waals surface area contributed by atoms with E-state index in [0.717, 1.165) is 83.5 Å². The average molecular weight is 809 g/mol. The number of carbonyl (C=O) groups is 2. The minimum atomic E-state index is -0.562. The minimum absolute atomic E-state index is 0.0524. The summed E-state index contributed by atoms with van der Waals surface area (Å²) in [7, 11) is 0. The second kappa shape index (κ2) is 48.7. The second-order valence-corrected chi connectivity index (χ2v) is 16.0. The summed E-state index contributed by atoms with van der Waals surface area (Å²) < 4.78 is 17.3. The Balaban J connectivity index is 4.36. The molecule has 0 aromatic carbocycles. The molecule has 5 heteroatoms. The van der Waals surface area contributed by atoms with Gasteiger partial charge in [-0.1, -0.05) is 203 Å². The van der Waals surface area contributed by atoms with Crippen molar-refractivity contribution in [1.82, 2.24) is 0 Å². The Labute approximate surface area is 359 Å². The summed E-state index contributed by atoms with van der Waals surface area (Å²) in [6.07, 6.45) is 61.9. The van der Waals surface area contributed by atoms with Crippen LogP contribution in [0.15, 0.2) is 72.9 Å². The third kappa shape index (κ3) is 46.0. The monoisotopic (exact) mass is 809 g/mol. The summed E-state index contributed by atoms with van der Waals surface area (Å²) in [6.45, 7) is 7.64. The van der Waals surface area contributed by atoms with Crippen molar-refractivity contribution in [3.05, 3.63) is 72.9 Å². The van der Waals surface area contributed by atoms with Gasteiger partial charge in [0.2, 0.25) is 0 Å². The van der Waals surface area contributed by atoms with Gasteiger partial charge in [-0.15, -0.1) is 0 Å². The predicted octanol–water partition coefficient (Wildman–Crippen LogP) is 16.3. The van der Waals surface area contributed by atoms with Crippen LogP contribution in [-0.2, 0) is 23.8 Å². The lowest BCUT2D eigenvalue weighted by molar-refractivity contribution is -0.163. The zero-order valence-electron chi connectivity index (χ0n) is 38.3. The maximum atomic E-state index is 12.7. The van der Waals surface area contributed by atoms with E-state index in [9.17, 15) is 9.59 Å². The van der Waals surface area contributed by atoms with E-state index in [0.29, 0.717) is 19.4 Å². The Morgan fingerprint density at radius 3 is 1.33 bits per heavy atom.